The Kier molecular flexibility index (Phi) is 10.2. The molecule has 254 valence electrons. The molecular weight excluding hydrogens is 657 g/mol. The second-order valence-electron chi connectivity index (χ2n) is 13.1. The van der Waals surface area contributed by atoms with Crippen molar-refractivity contribution in [3.63, 3.8) is 0 Å². The highest BCUT2D eigenvalue weighted by atomic mass is 32.2. The van der Waals surface area contributed by atoms with Crippen LogP contribution in [0.1, 0.15) is 45.7 Å². The van der Waals surface area contributed by atoms with E-state index in [0.717, 1.165) is 28.7 Å². The lowest BCUT2D eigenvalue weighted by atomic mass is 9.79. The van der Waals surface area contributed by atoms with Gasteiger partial charge < -0.3 is 4.90 Å². The van der Waals surface area contributed by atoms with E-state index < -0.39 is 20.7 Å². The van der Waals surface area contributed by atoms with Gasteiger partial charge in [0.1, 0.15) is 5.75 Å². The minimum atomic E-state index is -4.11. The first-order valence-electron chi connectivity index (χ1n) is 16.1. The molecule has 49 heavy (non-hydrogen) atoms. The maximum Gasteiger partial charge on any atom is 0.425 e. The molecule has 0 unspecified atom stereocenters. The van der Waals surface area contributed by atoms with Crippen LogP contribution in [0.2, 0.25) is 0 Å². The van der Waals surface area contributed by atoms with Gasteiger partial charge in [-0.3, -0.25) is 4.55 Å². The highest BCUT2D eigenvalue weighted by Crippen LogP contribution is 2.50. The Morgan fingerprint density at radius 2 is 1.31 bits per heavy atom. The van der Waals surface area contributed by atoms with Crippen molar-refractivity contribution >= 4 is 59.4 Å². The first-order chi connectivity index (χ1) is 23.2. The Bertz CT molecular complexity index is 2310. The molecule has 0 atom stereocenters. The second-order valence-corrected chi connectivity index (χ2v) is 15.0. The van der Waals surface area contributed by atoms with Gasteiger partial charge in [0.15, 0.2) is 12.3 Å². The monoisotopic (exact) mass is 697 g/mol. The normalized spacial score (nSPS) is 17.4. The summed E-state index contributed by atoms with van der Waals surface area (Å²) in [7, 11) is -7.22. The number of hydrogen-bond donors (Lipinski definition) is 1. The molecule has 4 aromatic rings. The van der Waals surface area contributed by atoms with Crippen LogP contribution in [-0.2, 0) is 31.6 Å². The Morgan fingerprint density at radius 1 is 0.755 bits per heavy atom. The van der Waals surface area contributed by atoms with Crippen LogP contribution in [-0.4, -0.2) is 54.7 Å². The third-order valence-electron chi connectivity index (χ3n) is 9.35. The molecule has 2 heterocycles. The molecule has 0 saturated carbocycles. The quantitative estimate of drug-likeness (QED) is 0.115. The standard InChI is InChI=1S/C39H40N2O3S.O3S/c1-6-40-32-24-22-28-16-12-14-18-30(28)36(32)38(2,3)34(40)20-10-8-7-9-11-21-35-39(4,5)37-31-19-15-13-17-29(31)23-25-33(37)41(35)26-27-45(42,43)44;1-4(2)3/h7-25H,6,26-27H2,1-5H3;/p+1. The highest BCUT2D eigenvalue weighted by Gasteiger charge is 2.45. The van der Waals surface area contributed by atoms with Gasteiger partial charge in [-0.15, -0.1) is 12.6 Å². The summed E-state index contributed by atoms with van der Waals surface area (Å²) >= 11 is 0. The number of fused-ring (bicyclic) bond motifs is 6. The average molecular weight is 698 g/mol. The zero-order chi connectivity index (χ0) is 35.6. The lowest BCUT2D eigenvalue weighted by Crippen LogP contribution is -2.29. The summed E-state index contributed by atoms with van der Waals surface area (Å²) < 4.78 is 60.3. The van der Waals surface area contributed by atoms with Gasteiger partial charge in [-0.05, 0) is 66.1 Å². The van der Waals surface area contributed by atoms with E-state index in [4.69, 9.17) is 12.6 Å². The molecule has 0 amide bonds. The van der Waals surface area contributed by atoms with E-state index in [1.54, 1.807) is 0 Å². The van der Waals surface area contributed by atoms with Crippen LogP contribution in [0.5, 0.6) is 0 Å². The fourth-order valence-corrected chi connectivity index (χ4v) is 7.76. The number of nitrogens with zero attached hydrogens (tertiary/aromatic N) is 2. The van der Waals surface area contributed by atoms with Crippen LogP contribution in [0.4, 0.5) is 11.4 Å². The molecule has 0 aliphatic carbocycles. The molecule has 2 aliphatic rings. The van der Waals surface area contributed by atoms with Crippen molar-refractivity contribution in [1.82, 2.24) is 0 Å². The third kappa shape index (κ3) is 7.22. The van der Waals surface area contributed by atoms with Crippen LogP contribution in [0.15, 0.2) is 121 Å². The fourth-order valence-electron chi connectivity index (χ4n) is 7.34. The van der Waals surface area contributed by atoms with E-state index in [2.05, 4.69) is 118 Å². The van der Waals surface area contributed by atoms with Crippen molar-refractivity contribution in [3.05, 3.63) is 132 Å². The summed E-state index contributed by atoms with van der Waals surface area (Å²) in [6.45, 7) is 12.2. The van der Waals surface area contributed by atoms with Gasteiger partial charge in [0, 0.05) is 41.1 Å². The van der Waals surface area contributed by atoms with Gasteiger partial charge in [0.05, 0.1) is 5.41 Å². The first-order valence-corrected chi connectivity index (χ1v) is 18.7. The van der Waals surface area contributed by atoms with E-state index >= 15 is 0 Å². The molecule has 2 aliphatic heterocycles. The topological polar surface area (TPSA) is 112 Å². The predicted octanol–water partition coefficient (Wildman–Crippen LogP) is 7.62. The summed E-state index contributed by atoms with van der Waals surface area (Å²) in [6, 6.07) is 25.5. The molecule has 0 saturated heterocycles. The Labute approximate surface area is 289 Å². The summed E-state index contributed by atoms with van der Waals surface area (Å²) in [4.78, 5) is 2.41. The van der Waals surface area contributed by atoms with Crippen molar-refractivity contribution in [2.24, 2.45) is 0 Å². The molecule has 0 aromatic heterocycles. The Morgan fingerprint density at radius 3 is 1.92 bits per heavy atom. The highest BCUT2D eigenvalue weighted by molar-refractivity contribution is 7.85. The zero-order valence-corrected chi connectivity index (χ0v) is 29.9. The molecule has 0 radical (unpaired) electrons. The smallest absolute Gasteiger partial charge is 0.344 e. The summed E-state index contributed by atoms with van der Waals surface area (Å²) in [6.07, 6.45) is 14.4. The first kappa shape index (κ1) is 35.7. The van der Waals surface area contributed by atoms with E-state index in [-0.39, 0.29) is 23.1 Å². The molecule has 8 nitrogen and oxygen atoms in total. The van der Waals surface area contributed by atoms with E-state index in [1.807, 2.05) is 41.0 Å². The molecular formula is C39H41N2O6S2+. The van der Waals surface area contributed by atoms with Crippen molar-refractivity contribution < 1.29 is 30.2 Å². The predicted molar refractivity (Wildman–Crippen MR) is 198 cm³/mol. The summed E-state index contributed by atoms with van der Waals surface area (Å²) in [5.74, 6) is -0.343. The number of rotatable bonds is 8. The van der Waals surface area contributed by atoms with Crippen LogP contribution >= 0.6 is 0 Å². The maximum absolute atomic E-state index is 11.7. The van der Waals surface area contributed by atoms with E-state index in [0.29, 0.717) is 0 Å². The number of likely N-dealkylation sites (N-methyl/N-ethyl adjacent to an activating group) is 1. The Balaban J connectivity index is 0.00000111. The van der Waals surface area contributed by atoms with Crippen LogP contribution < -0.4 is 4.90 Å². The molecule has 0 spiro atoms. The van der Waals surface area contributed by atoms with Gasteiger partial charge in [-0.25, -0.2) is 0 Å². The van der Waals surface area contributed by atoms with Gasteiger partial charge in [0.2, 0.25) is 5.69 Å². The Hall–Kier alpha value is -4.64. The average Bonchev–Trinajstić information content (AvgIpc) is 3.40. The minimum Gasteiger partial charge on any atom is -0.344 e. The molecule has 1 N–H and O–H groups in total. The van der Waals surface area contributed by atoms with Crippen LogP contribution in [0, 0.1) is 0 Å². The van der Waals surface area contributed by atoms with Gasteiger partial charge in [0.25, 0.3) is 10.1 Å². The van der Waals surface area contributed by atoms with Crippen molar-refractivity contribution in [1.29, 1.82) is 0 Å². The lowest BCUT2D eigenvalue weighted by Gasteiger charge is -2.26. The van der Waals surface area contributed by atoms with Crippen molar-refractivity contribution in [2.45, 2.75) is 45.4 Å². The SMILES string of the molecule is CCN1C(=CC=CC=CC=CC2=[N+](CCS(=O)(=O)O)c3ccc4ccccc4c3C2(C)C)C(C)(C)c2c1ccc1ccccc21.O=S(=O)=O. The van der Waals surface area contributed by atoms with Crippen molar-refractivity contribution in [3.8, 4) is 0 Å². The van der Waals surface area contributed by atoms with Crippen LogP contribution in [0.3, 0.4) is 0 Å². The fraction of sp³-hybridized carbons (Fsp3) is 0.256. The third-order valence-corrected chi connectivity index (χ3v) is 10.0. The number of hydrogen-bond acceptors (Lipinski definition) is 6. The lowest BCUT2D eigenvalue weighted by molar-refractivity contribution is -0.432. The number of anilines is 1. The molecule has 0 fully saturated rings. The molecule has 4 aromatic carbocycles. The molecule has 6 rings (SSSR count). The largest absolute Gasteiger partial charge is 0.425 e. The summed E-state index contributed by atoms with van der Waals surface area (Å²) in [5, 5.41) is 4.87. The summed E-state index contributed by atoms with van der Waals surface area (Å²) in [5.41, 5.74) is 6.58. The number of allylic oxidation sites excluding steroid dienone is 8. The van der Waals surface area contributed by atoms with E-state index in [9.17, 15) is 13.0 Å². The molecule has 0 bridgehead atoms. The zero-order valence-electron chi connectivity index (χ0n) is 28.3. The van der Waals surface area contributed by atoms with Gasteiger partial charge in [-0.2, -0.15) is 13.0 Å². The van der Waals surface area contributed by atoms with Crippen molar-refractivity contribution in [2.75, 3.05) is 23.7 Å². The minimum absolute atomic E-state index is 0.129. The van der Waals surface area contributed by atoms with Gasteiger partial charge >= 0.3 is 10.6 Å². The number of benzene rings is 4. The maximum atomic E-state index is 11.7. The molecule has 10 heteroatoms. The van der Waals surface area contributed by atoms with Crippen LogP contribution in [0.25, 0.3) is 21.5 Å². The van der Waals surface area contributed by atoms with E-state index in [1.165, 1.54) is 33.3 Å². The van der Waals surface area contributed by atoms with Gasteiger partial charge in [-0.1, -0.05) is 98.8 Å². The second kappa shape index (κ2) is 14.1.